The van der Waals surface area contributed by atoms with Gasteiger partial charge in [-0.15, -0.1) is 11.3 Å². The van der Waals surface area contributed by atoms with Crippen LogP contribution in [0.3, 0.4) is 0 Å². The fraction of sp³-hybridized carbons (Fsp3) is 0.600. The normalized spacial score (nSPS) is 13.1. The molecule has 0 bridgehead atoms. The van der Waals surface area contributed by atoms with Gasteiger partial charge in [-0.3, -0.25) is 0 Å². The summed E-state index contributed by atoms with van der Waals surface area (Å²) < 4.78 is 1.20. The minimum atomic E-state index is 0.670. The Bertz CT molecular complexity index is 262. The van der Waals surface area contributed by atoms with Crippen molar-refractivity contribution in [3.63, 3.8) is 0 Å². The van der Waals surface area contributed by atoms with Crippen molar-refractivity contribution in [2.45, 2.75) is 19.9 Å². The van der Waals surface area contributed by atoms with E-state index in [0.29, 0.717) is 5.92 Å². The zero-order valence-corrected chi connectivity index (χ0v) is 10.8. The van der Waals surface area contributed by atoms with E-state index >= 15 is 0 Å². The highest BCUT2D eigenvalue weighted by molar-refractivity contribution is 9.11. The van der Waals surface area contributed by atoms with Crippen LogP contribution in [0.2, 0.25) is 0 Å². The lowest BCUT2D eigenvalue weighted by Gasteiger charge is -2.10. The summed E-state index contributed by atoms with van der Waals surface area (Å²) in [5, 5.41) is 3.43. The van der Waals surface area contributed by atoms with Gasteiger partial charge in [0.15, 0.2) is 0 Å². The summed E-state index contributed by atoms with van der Waals surface area (Å²) in [4.78, 5) is 1.37. The largest absolute Gasteiger partial charge is 0.330 e. The molecular weight excluding hydrogens is 260 g/mol. The maximum atomic E-state index is 5.48. The lowest BCUT2D eigenvalue weighted by Crippen LogP contribution is -2.22. The van der Waals surface area contributed by atoms with Gasteiger partial charge in [0.2, 0.25) is 0 Å². The molecule has 0 aromatic carbocycles. The number of halogens is 1. The molecule has 4 heteroatoms. The Labute approximate surface area is 98.0 Å². The lowest BCUT2D eigenvalue weighted by molar-refractivity contribution is 0.488. The van der Waals surface area contributed by atoms with Crippen molar-refractivity contribution < 1.29 is 0 Å². The Kier molecular flexibility index (Phi) is 5.70. The number of nitrogens with one attached hydrogen (secondary N) is 1. The topological polar surface area (TPSA) is 38.0 Å². The third kappa shape index (κ3) is 4.55. The lowest BCUT2D eigenvalue weighted by atomic mass is 10.1. The van der Waals surface area contributed by atoms with Gasteiger partial charge in [-0.2, -0.15) is 0 Å². The maximum Gasteiger partial charge on any atom is 0.0701 e. The maximum absolute atomic E-state index is 5.48. The molecule has 1 heterocycles. The molecule has 0 saturated carbocycles. The van der Waals surface area contributed by atoms with E-state index in [1.165, 1.54) is 8.66 Å². The van der Waals surface area contributed by atoms with Crippen LogP contribution in [0.25, 0.3) is 0 Å². The van der Waals surface area contributed by atoms with Gasteiger partial charge in [0, 0.05) is 11.4 Å². The highest BCUT2D eigenvalue weighted by Crippen LogP contribution is 2.21. The van der Waals surface area contributed by atoms with E-state index in [2.05, 4.69) is 40.3 Å². The molecule has 2 nitrogen and oxygen atoms in total. The molecule has 1 atom stereocenters. The van der Waals surface area contributed by atoms with Crippen molar-refractivity contribution in [1.82, 2.24) is 5.32 Å². The van der Waals surface area contributed by atoms with Crippen molar-refractivity contribution >= 4 is 27.3 Å². The first-order valence-electron chi connectivity index (χ1n) is 4.87. The standard InChI is InChI=1S/C10H17BrN2S/c1-8(4-5-12)6-13-7-9-2-3-10(11)14-9/h2-3,8,13H,4-7,12H2,1H3. The monoisotopic (exact) mass is 276 g/mol. The predicted octanol–water partition coefficient (Wildman–Crippen LogP) is 2.59. The van der Waals surface area contributed by atoms with E-state index in [9.17, 15) is 0 Å². The molecule has 1 rings (SSSR count). The summed E-state index contributed by atoms with van der Waals surface area (Å²) >= 11 is 5.23. The Morgan fingerprint density at radius 3 is 2.93 bits per heavy atom. The third-order valence-corrected chi connectivity index (χ3v) is 3.70. The number of hydrogen-bond acceptors (Lipinski definition) is 3. The van der Waals surface area contributed by atoms with Crippen LogP contribution in [0, 0.1) is 5.92 Å². The molecule has 3 N–H and O–H groups in total. The van der Waals surface area contributed by atoms with Crippen molar-refractivity contribution in [1.29, 1.82) is 0 Å². The van der Waals surface area contributed by atoms with E-state index in [-0.39, 0.29) is 0 Å². The van der Waals surface area contributed by atoms with E-state index in [4.69, 9.17) is 5.73 Å². The minimum absolute atomic E-state index is 0.670. The first-order valence-corrected chi connectivity index (χ1v) is 6.48. The van der Waals surface area contributed by atoms with Crippen molar-refractivity contribution in [2.75, 3.05) is 13.1 Å². The fourth-order valence-corrected chi connectivity index (χ4v) is 2.73. The van der Waals surface area contributed by atoms with E-state index < -0.39 is 0 Å². The Balaban J connectivity index is 2.15. The molecule has 14 heavy (non-hydrogen) atoms. The smallest absolute Gasteiger partial charge is 0.0701 e. The van der Waals surface area contributed by atoms with Gasteiger partial charge in [-0.05, 0) is 53.5 Å². The molecule has 0 saturated heterocycles. The summed E-state index contributed by atoms with van der Waals surface area (Å²) in [6, 6.07) is 4.24. The highest BCUT2D eigenvalue weighted by Gasteiger charge is 2.01. The van der Waals surface area contributed by atoms with Crippen LogP contribution in [0.5, 0.6) is 0 Å². The number of hydrogen-bond donors (Lipinski definition) is 2. The summed E-state index contributed by atoms with van der Waals surface area (Å²) in [5.74, 6) is 0.670. The molecule has 80 valence electrons. The number of nitrogens with two attached hydrogens (primary N) is 1. The first-order chi connectivity index (χ1) is 6.72. The quantitative estimate of drug-likeness (QED) is 0.838. The van der Waals surface area contributed by atoms with Crippen molar-refractivity contribution in [3.05, 3.63) is 20.8 Å². The second-order valence-corrected chi connectivity index (χ2v) is 6.07. The molecule has 1 aromatic heterocycles. The molecule has 0 aliphatic carbocycles. The average Bonchev–Trinajstić information content (AvgIpc) is 2.52. The van der Waals surface area contributed by atoms with Gasteiger partial charge in [-0.25, -0.2) is 0 Å². The summed E-state index contributed by atoms with van der Waals surface area (Å²) in [5.41, 5.74) is 5.48. The summed E-state index contributed by atoms with van der Waals surface area (Å²) in [7, 11) is 0. The number of thiophene rings is 1. The fourth-order valence-electron chi connectivity index (χ4n) is 1.28. The highest BCUT2D eigenvalue weighted by atomic mass is 79.9. The van der Waals surface area contributed by atoms with Crippen LogP contribution in [0.15, 0.2) is 15.9 Å². The van der Waals surface area contributed by atoms with Gasteiger partial charge in [0.25, 0.3) is 0 Å². The van der Waals surface area contributed by atoms with E-state index in [0.717, 1.165) is 26.1 Å². The Morgan fingerprint density at radius 1 is 1.57 bits per heavy atom. The molecule has 1 aromatic rings. The van der Waals surface area contributed by atoms with Gasteiger partial charge < -0.3 is 11.1 Å². The zero-order chi connectivity index (χ0) is 10.4. The van der Waals surface area contributed by atoms with Crippen molar-refractivity contribution in [2.24, 2.45) is 11.7 Å². The molecule has 0 radical (unpaired) electrons. The van der Waals surface area contributed by atoms with Crippen LogP contribution in [0.1, 0.15) is 18.2 Å². The zero-order valence-electron chi connectivity index (χ0n) is 8.42. The first kappa shape index (κ1) is 12.2. The number of rotatable bonds is 6. The molecule has 0 amide bonds. The summed E-state index contributed by atoms with van der Waals surface area (Å²) in [6.07, 6.45) is 1.10. The molecule has 0 spiro atoms. The second kappa shape index (κ2) is 6.56. The average molecular weight is 277 g/mol. The van der Waals surface area contributed by atoms with Gasteiger partial charge in [0.05, 0.1) is 3.79 Å². The van der Waals surface area contributed by atoms with E-state index in [1.54, 1.807) is 11.3 Å². The molecular formula is C10H17BrN2S. The van der Waals surface area contributed by atoms with Crippen molar-refractivity contribution in [3.8, 4) is 0 Å². The SMILES string of the molecule is CC(CCN)CNCc1ccc(Br)s1. The minimum Gasteiger partial charge on any atom is -0.330 e. The molecule has 0 aliphatic rings. The van der Waals surface area contributed by atoms with Crippen LogP contribution in [-0.2, 0) is 6.54 Å². The molecule has 0 aliphatic heterocycles. The van der Waals surface area contributed by atoms with Gasteiger partial charge in [-0.1, -0.05) is 6.92 Å². The molecule has 1 unspecified atom stereocenters. The Morgan fingerprint density at radius 2 is 2.36 bits per heavy atom. The van der Waals surface area contributed by atoms with Gasteiger partial charge in [0.1, 0.15) is 0 Å². The Hall–Kier alpha value is 0.1000. The third-order valence-electron chi connectivity index (χ3n) is 2.08. The summed E-state index contributed by atoms with van der Waals surface area (Å²) in [6.45, 7) is 5.02. The predicted molar refractivity (Wildman–Crippen MR) is 66.6 cm³/mol. The van der Waals surface area contributed by atoms with E-state index in [1.807, 2.05) is 0 Å². The van der Waals surface area contributed by atoms with Crippen LogP contribution in [-0.4, -0.2) is 13.1 Å². The van der Waals surface area contributed by atoms with Crippen LogP contribution < -0.4 is 11.1 Å². The van der Waals surface area contributed by atoms with Crippen LogP contribution >= 0.6 is 27.3 Å². The van der Waals surface area contributed by atoms with Crippen LogP contribution in [0.4, 0.5) is 0 Å². The second-order valence-electron chi connectivity index (χ2n) is 3.52. The van der Waals surface area contributed by atoms with Gasteiger partial charge >= 0.3 is 0 Å². The molecule has 0 fully saturated rings.